The molecule has 2 aromatic rings. The molecule has 4 heteroatoms. The van der Waals surface area contributed by atoms with Crippen molar-refractivity contribution in [3.63, 3.8) is 0 Å². The highest BCUT2D eigenvalue weighted by Crippen LogP contribution is 2.37. The van der Waals surface area contributed by atoms with E-state index in [4.69, 9.17) is 22.1 Å². The lowest BCUT2D eigenvalue weighted by molar-refractivity contribution is 0.284. The Labute approximate surface area is 122 Å². The smallest absolute Gasteiger partial charge is 0.129 e. The number of fused-ring (bicyclic) bond motifs is 1. The zero-order chi connectivity index (χ0) is 14.1. The van der Waals surface area contributed by atoms with Gasteiger partial charge in [0.15, 0.2) is 0 Å². The fraction of sp³-hybridized carbons (Fsp3) is 0.250. The summed E-state index contributed by atoms with van der Waals surface area (Å²) < 4.78 is 19.7. The van der Waals surface area contributed by atoms with E-state index < -0.39 is 11.9 Å². The van der Waals surface area contributed by atoms with Crippen molar-refractivity contribution >= 4 is 11.6 Å². The molecule has 2 aromatic carbocycles. The predicted molar refractivity (Wildman–Crippen MR) is 77.7 cm³/mol. The van der Waals surface area contributed by atoms with Crippen molar-refractivity contribution in [3.8, 4) is 5.75 Å². The van der Waals surface area contributed by atoms with Gasteiger partial charge in [-0.25, -0.2) is 4.39 Å². The van der Waals surface area contributed by atoms with Gasteiger partial charge in [0.2, 0.25) is 0 Å². The average Bonchev–Trinajstić information content (AvgIpc) is 2.46. The summed E-state index contributed by atoms with van der Waals surface area (Å²) in [5.74, 6) is 0.393. The number of hydrogen-bond donors (Lipinski definition) is 1. The van der Waals surface area contributed by atoms with Crippen molar-refractivity contribution in [3.05, 3.63) is 63.9 Å². The molecule has 0 saturated carbocycles. The Bertz CT molecular complexity index is 624. The molecule has 0 amide bonds. The zero-order valence-corrected chi connectivity index (χ0v) is 11.7. The van der Waals surface area contributed by atoms with Gasteiger partial charge in [-0.15, -0.1) is 0 Å². The molecular formula is C16H15ClFNO. The van der Waals surface area contributed by atoms with Crippen molar-refractivity contribution in [1.29, 1.82) is 0 Å². The highest BCUT2D eigenvalue weighted by atomic mass is 35.5. The standard InChI is InChI=1S/C16H15ClFNO/c17-12-7-2-8-13(18)14(12)15(19)11-6-1-4-10-5-3-9-20-16(10)11/h1-2,4,6-8,15H,3,5,9,19H2. The second-order valence-electron chi connectivity index (χ2n) is 4.90. The Kier molecular flexibility index (Phi) is 3.64. The molecule has 1 unspecified atom stereocenters. The van der Waals surface area contributed by atoms with Gasteiger partial charge >= 0.3 is 0 Å². The van der Waals surface area contributed by atoms with Gasteiger partial charge in [-0.1, -0.05) is 35.9 Å². The van der Waals surface area contributed by atoms with Crippen molar-refractivity contribution in [2.24, 2.45) is 5.73 Å². The third-order valence-electron chi connectivity index (χ3n) is 3.61. The Morgan fingerprint density at radius 2 is 2.00 bits per heavy atom. The maximum atomic E-state index is 14.0. The minimum atomic E-state index is -0.628. The van der Waals surface area contributed by atoms with Gasteiger partial charge in [0.25, 0.3) is 0 Å². The van der Waals surface area contributed by atoms with E-state index in [0.29, 0.717) is 17.2 Å². The fourth-order valence-corrected chi connectivity index (χ4v) is 2.90. The van der Waals surface area contributed by atoms with E-state index in [1.54, 1.807) is 12.1 Å². The van der Waals surface area contributed by atoms with E-state index in [9.17, 15) is 4.39 Å². The molecule has 0 fully saturated rings. The van der Waals surface area contributed by atoms with Crippen LogP contribution in [0.25, 0.3) is 0 Å². The van der Waals surface area contributed by atoms with Gasteiger partial charge in [-0.2, -0.15) is 0 Å². The molecule has 1 heterocycles. The number of ether oxygens (including phenoxy) is 1. The molecule has 1 atom stereocenters. The third kappa shape index (κ3) is 2.28. The summed E-state index contributed by atoms with van der Waals surface area (Å²) in [6.07, 6.45) is 1.95. The molecule has 2 N–H and O–H groups in total. The van der Waals surface area contributed by atoms with Crippen molar-refractivity contribution < 1.29 is 9.13 Å². The van der Waals surface area contributed by atoms with Gasteiger partial charge in [-0.3, -0.25) is 0 Å². The van der Waals surface area contributed by atoms with Gasteiger partial charge in [-0.05, 0) is 30.5 Å². The van der Waals surface area contributed by atoms with Crippen molar-refractivity contribution in [2.75, 3.05) is 6.61 Å². The first kappa shape index (κ1) is 13.4. The van der Waals surface area contributed by atoms with Gasteiger partial charge in [0.1, 0.15) is 11.6 Å². The lowest BCUT2D eigenvalue weighted by Gasteiger charge is -2.24. The molecule has 0 spiro atoms. The van der Waals surface area contributed by atoms with Crippen LogP contribution in [-0.4, -0.2) is 6.61 Å². The minimum Gasteiger partial charge on any atom is -0.493 e. The van der Waals surface area contributed by atoms with Crippen molar-refractivity contribution in [1.82, 2.24) is 0 Å². The third-order valence-corrected chi connectivity index (χ3v) is 3.94. The van der Waals surface area contributed by atoms with Gasteiger partial charge in [0, 0.05) is 16.1 Å². The molecule has 0 bridgehead atoms. The normalized spacial score (nSPS) is 15.3. The number of hydrogen-bond acceptors (Lipinski definition) is 2. The molecule has 0 aromatic heterocycles. The molecule has 0 aliphatic carbocycles. The fourth-order valence-electron chi connectivity index (χ4n) is 2.62. The van der Waals surface area contributed by atoms with Crippen LogP contribution in [0.5, 0.6) is 5.75 Å². The van der Waals surface area contributed by atoms with Gasteiger partial charge in [0.05, 0.1) is 12.6 Å². The second-order valence-corrected chi connectivity index (χ2v) is 5.31. The molecule has 0 radical (unpaired) electrons. The predicted octanol–water partition coefficient (Wildman–Crippen LogP) is 3.85. The Morgan fingerprint density at radius 1 is 1.20 bits per heavy atom. The highest BCUT2D eigenvalue weighted by Gasteiger charge is 2.23. The summed E-state index contributed by atoms with van der Waals surface area (Å²) in [6, 6.07) is 9.79. The molecule has 3 rings (SSSR count). The second kappa shape index (κ2) is 5.43. The van der Waals surface area contributed by atoms with Crippen LogP contribution in [0.2, 0.25) is 5.02 Å². The van der Waals surface area contributed by atoms with E-state index in [1.165, 1.54) is 6.07 Å². The van der Waals surface area contributed by atoms with Crippen LogP contribution in [0.3, 0.4) is 0 Å². The van der Waals surface area contributed by atoms with E-state index in [-0.39, 0.29) is 0 Å². The summed E-state index contributed by atoms with van der Waals surface area (Å²) in [6.45, 7) is 0.668. The van der Waals surface area contributed by atoms with Crippen LogP contribution >= 0.6 is 11.6 Å². The van der Waals surface area contributed by atoms with Crippen molar-refractivity contribution in [2.45, 2.75) is 18.9 Å². The number of halogens is 2. The zero-order valence-electron chi connectivity index (χ0n) is 10.9. The van der Waals surface area contributed by atoms with Crippen LogP contribution in [0.15, 0.2) is 36.4 Å². The monoisotopic (exact) mass is 291 g/mol. The lowest BCUT2D eigenvalue weighted by Crippen LogP contribution is -2.18. The maximum absolute atomic E-state index is 14.0. The van der Waals surface area contributed by atoms with Crippen LogP contribution in [0.1, 0.15) is 29.2 Å². The molecule has 2 nitrogen and oxygen atoms in total. The van der Waals surface area contributed by atoms with E-state index in [1.807, 2.05) is 18.2 Å². The topological polar surface area (TPSA) is 35.2 Å². The number of nitrogens with two attached hydrogens (primary N) is 1. The minimum absolute atomic E-state index is 0.316. The maximum Gasteiger partial charge on any atom is 0.129 e. The first-order valence-electron chi connectivity index (χ1n) is 6.62. The molecular weight excluding hydrogens is 277 g/mol. The Hall–Kier alpha value is -1.58. The first-order chi connectivity index (χ1) is 9.68. The molecule has 1 aliphatic rings. The summed E-state index contributed by atoms with van der Waals surface area (Å²) in [5.41, 5.74) is 8.46. The quantitative estimate of drug-likeness (QED) is 0.912. The number of para-hydroxylation sites is 1. The summed E-state index contributed by atoms with van der Waals surface area (Å²) in [4.78, 5) is 0. The number of aryl methyl sites for hydroxylation is 1. The lowest BCUT2D eigenvalue weighted by atomic mass is 9.94. The van der Waals surface area contributed by atoms with Crippen LogP contribution in [0.4, 0.5) is 4.39 Å². The van der Waals surface area contributed by atoms with E-state index >= 15 is 0 Å². The molecule has 0 saturated heterocycles. The summed E-state index contributed by atoms with van der Waals surface area (Å²) >= 11 is 6.10. The summed E-state index contributed by atoms with van der Waals surface area (Å²) in [7, 11) is 0. The average molecular weight is 292 g/mol. The van der Waals surface area contributed by atoms with Crippen LogP contribution in [-0.2, 0) is 6.42 Å². The Morgan fingerprint density at radius 3 is 2.80 bits per heavy atom. The number of benzene rings is 2. The highest BCUT2D eigenvalue weighted by molar-refractivity contribution is 6.31. The van der Waals surface area contributed by atoms with Crippen LogP contribution in [0, 0.1) is 5.82 Å². The summed E-state index contributed by atoms with van der Waals surface area (Å²) in [5, 5.41) is 0.339. The Balaban J connectivity index is 2.09. The van der Waals surface area contributed by atoms with Gasteiger partial charge < -0.3 is 10.5 Å². The number of rotatable bonds is 2. The molecule has 20 heavy (non-hydrogen) atoms. The molecule has 104 valence electrons. The SMILES string of the molecule is NC(c1cccc2c1OCCC2)c1c(F)cccc1Cl. The first-order valence-corrected chi connectivity index (χ1v) is 7.00. The molecule has 1 aliphatic heterocycles. The largest absolute Gasteiger partial charge is 0.493 e. The van der Waals surface area contributed by atoms with E-state index in [0.717, 1.165) is 29.7 Å². The van der Waals surface area contributed by atoms with Crippen LogP contribution < -0.4 is 10.5 Å². The van der Waals surface area contributed by atoms with E-state index in [2.05, 4.69) is 0 Å².